The predicted molar refractivity (Wildman–Crippen MR) is 81.9 cm³/mol. The molecular formula is C17H16ClN. The van der Waals surface area contributed by atoms with Crippen LogP contribution in [0.25, 0.3) is 10.9 Å². The molecule has 0 radical (unpaired) electrons. The lowest BCUT2D eigenvalue weighted by atomic mass is 9.88. The maximum atomic E-state index is 6.36. The summed E-state index contributed by atoms with van der Waals surface area (Å²) in [5.41, 5.74) is 3.65. The fourth-order valence-electron chi connectivity index (χ4n) is 2.70. The standard InChI is InChI=1S/C17H16ClN/c1-2-15(12-6-4-3-5-7-12)14-10-13-8-9-19-17(13)16(18)11-14/h3-11,15,19H,2H2,1H3. The van der Waals surface area contributed by atoms with Gasteiger partial charge in [0.15, 0.2) is 0 Å². The van der Waals surface area contributed by atoms with E-state index in [0.717, 1.165) is 17.0 Å². The Morgan fingerprint density at radius 3 is 2.58 bits per heavy atom. The number of benzene rings is 2. The molecule has 0 bridgehead atoms. The predicted octanol–water partition coefficient (Wildman–Crippen LogP) is 5.36. The Hall–Kier alpha value is -1.73. The van der Waals surface area contributed by atoms with E-state index in [9.17, 15) is 0 Å². The fraction of sp³-hybridized carbons (Fsp3) is 0.176. The number of aromatic amines is 1. The van der Waals surface area contributed by atoms with Crippen LogP contribution in [0, 0.1) is 0 Å². The maximum absolute atomic E-state index is 6.36. The van der Waals surface area contributed by atoms with Gasteiger partial charge in [0.05, 0.1) is 10.5 Å². The summed E-state index contributed by atoms with van der Waals surface area (Å²) >= 11 is 6.36. The second-order valence-electron chi connectivity index (χ2n) is 4.82. The third kappa shape index (κ3) is 2.26. The van der Waals surface area contributed by atoms with Gasteiger partial charge in [0, 0.05) is 17.5 Å². The summed E-state index contributed by atoms with van der Waals surface area (Å²) in [7, 11) is 0. The van der Waals surface area contributed by atoms with Gasteiger partial charge in [0.25, 0.3) is 0 Å². The van der Waals surface area contributed by atoms with E-state index in [1.54, 1.807) is 0 Å². The Balaban J connectivity index is 2.11. The monoisotopic (exact) mass is 269 g/mol. The molecule has 19 heavy (non-hydrogen) atoms. The second kappa shape index (κ2) is 5.10. The SMILES string of the molecule is CCC(c1ccccc1)c1cc(Cl)c2[nH]ccc2c1. The van der Waals surface area contributed by atoms with E-state index in [1.165, 1.54) is 16.5 Å². The van der Waals surface area contributed by atoms with E-state index in [1.807, 2.05) is 6.20 Å². The van der Waals surface area contributed by atoms with Gasteiger partial charge in [-0.05, 0) is 35.7 Å². The summed E-state index contributed by atoms with van der Waals surface area (Å²) in [5, 5.41) is 1.98. The van der Waals surface area contributed by atoms with Gasteiger partial charge in [0.2, 0.25) is 0 Å². The van der Waals surface area contributed by atoms with Crippen LogP contribution in [0.2, 0.25) is 5.02 Å². The van der Waals surface area contributed by atoms with Gasteiger partial charge in [-0.3, -0.25) is 0 Å². The van der Waals surface area contributed by atoms with Crippen LogP contribution < -0.4 is 0 Å². The average molecular weight is 270 g/mol. The molecule has 0 amide bonds. The van der Waals surface area contributed by atoms with E-state index < -0.39 is 0 Å². The minimum atomic E-state index is 0.401. The molecule has 0 aliphatic carbocycles. The molecule has 1 nitrogen and oxygen atoms in total. The number of hydrogen-bond donors (Lipinski definition) is 1. The normalized spacial score (nSPS) is 12.7. The summed E-state index contributed by atoms with van der Waals surface area (Å²) in [6, 6.07) is 17.0. The summed E-state index contributed by atoms with van der Waals surface area (Å²) in [6.07, 6.45) is 3.00. The van der Waals surface area contributed by atoms with Crippen molar-refractivity contribution in [3.8, 4) is 0 Å². The zero-order valence-electron chi connectivity index (χ0n) is 10.9. The molecule has 2 heteroatoms. The molecule has 1 aromatic heterocycles. The minimum absolute atomic E-state index is 0.401. The first-order valence-electron chi connectivity index (χ1n) is 6.61. The van der Waals surface area contributed by atoms with Gasteiger partial charge in [-0.1, -0.05) is 48.9 Å². The highest BCUT2D eigenvalue weighted by molar-refractivity contribution is 6.35. The van der Waals surface area contributed by atoms with Gasteiger partial charge in [-0.15, -0.1) is 0 Å². The molecule has 0 aliphatic heterocycles. The van der Waals surface area contributed by atoms with Crippen molar-refractivity contribution in [3.63, 3.8) is 0 Å². The molecule has 96 valence electrons. The van der Waals surface area contributed by atoms with Gasteiger partial charge < -0.3 is 4.98 Å². The summed E-state index contributed by atoms with van der Waals surface area (Å²) in [5.74, 6) is 0.401. The first-order chi connectivity index (χ1) is 9.29. The number of aromatic nitrogens is 1. The summed E-state index contributed by atoms with van der Waals surface area (Å²) in [6.45, 7) is 2.22. The van der Waals surface area contributed by atoms with Gasteiger partial charge in [-0.2, -0.15) is 0 Å². The number of nitrogens with one attached hydrogen (secondary N) is 1. The lowest BCUT2D eigenvalue weighted by Gasteiger charge is -2.16. The van der Waals surface area contributed by atoms with Gasteiger partial charge in [-0.25, -0.2) is 0 Å². The topological polar surface area (TPSA) is 15.8 Å². The van der Waals surface area contributed by atoms with Crippen molar-refractivity contribution in [2.75, 3.05) is 0 Å². The zero-order chi connectivity index (χ0) is 13.2. The summed E-state index contributed by atoms with van der Waals surface area (Å²) < 4.78 is 0. The van der Waals surface area contributed by atoms with Crippen molar-refractivity contribution in [1.29, 1.82) is 0 Å². The molecule has 3 rings (SSSR count). The average Bonchev–Trinajstić information content (AvgIpc) is 2.90. The smallest absolute Gasteiger partial charge is 0.0649 e. The van der Waals surface area contributed by atoms with Crippen LogP contribution in [0.3, 0.4) is 0 Å². The van der Waals surface area contributed by atoms with Crippen LogP contribution in [0.15, 0.2) is 54.7 Å². The molecule has 0 spiro atoms. The molecule has 2 aromatic carbocycles. The quantitative estimate of drug-likeness (QED) is 0.658. The Kier molecular flexibility index (Phi) is 3.31. The Morgan fingerprint density at radius 2 is 1.84 bits per heavy atom. The molecular weight excluding hydrogens is 254 g/mol. The van der Waals surface area contributed by atoms with Crippen molar-refractivity contribution in [1.82, 2.24) is 4.98 Å². The molecule has 0 aliphatic rings. The maximum Gasteiger partial charge on any atom is 0.0649 e. The molecule has 1 atom stereocenters. The van der Waals surface area contributed by atoms with Crippen molar-refractivity contribution in [2.45, 2.75) is 19.3 Å². The first-order valence-corrected chi connectivity index (χ1v) is 6.99. The largest absolute Gasteiger partial charge is 0.360 e. The number of fused-ring (bicyclic) bond motifs is 1. The van der Waals surface area contributed by atoms with Crippen LogP contribution in [-0.2, 0) is 0 Å². The molecule has 3 aromatic rings. The highest BCUT2D eigenvalue weighted by Gasteiger charge is 2.14. The fourth-order valence-corrected chi connectivity index (χ4v) is 2.99. The van der Waals surface area contributed by atoms with E-state index in [2.05, 4.69) is 60.4 Å². The Bertz CT molecular complexity index is 685. The summed E-state index contributed by atoms with van der Waals surface area (Å²) in [4.78, 5) is 3.18. The Labute approximate surface area is 118 Å². The number of rotatable bonds is 3. The lowest BCUT2D eigenvalue weighted by molar-refractivity contribution is 0.778. The Morgan fingerprint density at radius 1 is 1.05 bits per heavy atom. The van der Waals surface area contributed by atoms with Crippen molar-refractivity contribution < 1.29 is 0 Å². The molecule has 0 saturated heterocycles. The van der Waals surface area contributed by atoms with Crippen LogP contribution >= 0.6 is 11.6 Å². The van der Waals surface area contributed by atoms with Crippen LogP contribution in [0.5, 0.6) is 0 Å². The highest BCUT2D eigenvalue weighted by atomic mass is 35.5. The van der Waals surface area contributed by atoms with Crippen LogP contribution in [0.4, 0.5) is 0 Å². The van der Waals surface area contributed by atoms with Gasteiger partial charge in [0.1, 0.15) is 0 Å². The first kappa shape index (κ1) is 12.3. The van der Waals surface area contributed by atoms with Crippen LogP contribution in [-0.4, -0.2) is 4.98 Å². The zero-order valence-corrected chi connectivity index (χ0v) is 11.6. The van der Waals surface area contributed by atoms with Gasteiger partial charge >= 0.3 is 0 Å². The number of hydrogen-bond acceptors (Lipinski definition) is 0. The van der Waals surface area contributed by atoms with Crippen LogP contribution in [0.1, 0.15) is 30.4 Å². The minimum Gasteiger partial charge on any atom is -0.360 e. The van der Waals surface area contributed by atoms with Crippen molar-refractivity contribution in [3.05, 3.63) is 70.9 Å². The van der Waals surface area contributed by atoms with E-state index in [4.69, 9.17) is 11.6 Å². The molecule has 0 saturated carbocycles. The van der Waals surface area contributed by atoms with Crippen molar-refractivity contribution in [2.24, 2.45) is 0 Å². The second-order valence-corrected chi connectivity index (χ2v) is 5.22. The number of H-pyrrole nitrogens is 1. The van der Waals surface area contributed by atoms with E-state index in [-0.39, 0.29) is 0 Å². The third-order valence-corrected chi connectivity index (χ3v) is 3.94. The molecule has 1 unspecified atom stereocenters. The molecule has 1 N–H and O–H groups in total. The number of halogens is 1. The molecule has 1 heterocycles. The molecule has 0 fully saturated rings. The lowest BCUT2D eigenvalue weighted by Crippen LogP contribution is -1.99. The third-order valence-electron chi connectivity index (χ3n) is 3.65. The highest BCUT2D eigenvalue weighted by Crippen LogP contribution is 2.33. The van der Waals surface area contributed by atoms with E-state index in [0.29, 0.717) is 5.92 Å². The van der Waals surface area contributed by atoms with Crippen molar-refractivity contribution >= 4 is 22.5 Å². The van der Waals surface area contributed by atoms with E-state index >= 15 is 0 Å².